The van der Waals surface area contributed by atoms with Crippen LogP contribution in [0.1, 0.15) is 0 Å². The monoisotopic (exact) mass is 944 g/mol. The van der Waals surface area contributed by atoms with E-state index < -0.39 is 0 Å². The Hall–Kier alpha value is -9.76. The van der Waals surface area contributed by atoms with Crippen LogP contribution in [-0.4, -0.2) is 0 Å². The van der Waals surface area contributed by atoms with Crippen LogP contribution in [0.3, 0.4) is 0 Å². The van der Waals surface area contributed by atoms with Crippen molar-refractivity contribution < 1.29 is 0 Å². The molecule has 350 valence electrons. The molecule has 0 amide bonds. The Labute approximate surface area is 435 Å². The summed E-state index contributed by atoms with van der Waals surface area (Å²) in [6, 6.07) is 113. The van der Waals surface area contributed by atoms with Gasteiger partial charge >= 0.3 is 0 Å². The van der Waals surface area contributed by atoms with Crippen LogP contribution in [-0.2, 0) is 0 Å². The predicted molar refractivity (Wildman–Crippen MR) is 314 cm³/mol. The van der Waals surface area contributed by atoms with E-state index in [0.717, 1.165) is 45.3 Å². The van der Waals surface area contributed by atoms with Crippen LogP contribution in [0.25, 0.3) is 77.9 Å². The van der Waals surface area contributed by atoms with Crippen molar-refractivity contribution in [3.8, 4) is 77.9 Å². The Kier molecular flexibility index (Phi) is 12.8. The summed E-state index contributed by atoms with van der Waals surface area (Å²) < 4.78 is 0. The van der Waals surface area contributed by atoms with E-state index >= 15 is 0 Å². The Bertz CT molecular complexity index is 3530. The molecule has 0 spiro atoms. The lowest BCUT2D eigenvalue weighted by Gasteiger charge is -2.27. The third-order valence-corrected chi connectivity index (χ3v) is 13.9. The molecule has 12 aromatic rings. The van der Waals surface area contributed by atoms with Crippen molar-refractivity contribution in [1.82, 2.24) is 0 Å². The molecule has 0 aliphatic carbocycles. The van der Waals surface area contributed by atoms with Crippen LogP contribution in [0.5, 0.6) is 0 Å². The van der Waals surface area contributed by atoms with Gasteiger partial charge in [-0.2, -0.15) is 0 Å². The summed E-state index contributed by atoms with van der Waals surface area (Å²) in [6.45, 7) is 0. The predicted octanol–water partition coefficient (Wildman–Crippen LogP) is 20.3. The summed E-state index contributed by atoms with van der Waals surface area (Å²) in [4.78, 5) is 4.70. The zero-order valence-electron chi connectivity index (χ0n) is 40.9. The first-order valence-electron chi connectivity index (χ1n) is 25.3. The lowest BCUT2D eigenvalue weighted by Crippen LogP contribution is -2.10. The van der Waals surface area contributed by atoms with E-state index in [1.807, 2.05) is 0 Å². The van der Waals surface area contributed by atoms with Crippen LogP contribution in [0.15, 0.2) is 315 Å². The maximum atomic E-state index is 2.36. The average molecular weight is 945 g/mol. The molecule has 0 aliphatic heterocycles. The third kappa shape index (κ3) is 9.56. The fraction of sp³-hybridized carbons (Fsp3) is 0. The molecule has 0 atom stereocenters. The lowest BCUT2D eigenvalue weighted by molar-refractivity contribution is 1.28. The van der Waals surface area contributed by atoms with Crippen LogP contribution >= 0.6 is 0 Å². The molecule has 2 heteroatoms. The van der Waals surface area contributed by atoms with Crippen molar-refractivity contribution in [2.45, 2.75) is 0 Å². The van der Waals surface area contributed by atoms with Gasteiger partial charge in [-0.05, 0) is 151 Å². The molecular formula is C72H52N2. The summed E-state index contributed by atoms with van der Waals surface area (Å²) in [6.07, 6.45) is 0. The molecule has 12 aromatic carbocycles. The molecule has 12 rings (SSSR count). The molecule has 0 aliphatic rings. The summed E-state index contributed by atoms with van der Waals surface area (Å²) in [5, 5.41) is 0. The largest absolute Gasteiger partial charge is 0.311 e. The topological polar surface area (TPSA) is 6.48 Å². The van der Waals surface area contributed by atoms with E-state index in [2.05, 4.69) is 325 Å². The van der Waals surface area contributed by atoms with E-state index in [4.69, 9.17) is 0 Å². The minimum absolute atomic E-state index is 1.07. The molecule has 0 aromatic heterocycles. The normalized spacial score (nSPS) is 11.0. The van der Waals surface area contributed by atoms with Crippen LogP contribution in [0.2, 0.25) is 0 Å². The number of benzene rings is 12. The van der Waals surface area contributed by atoms with Gasteiger partial charge in [0.2, 0.25) is 0 Å². The van der Waals surface area contributed by atoms with E-state index in [0.29, 0.717) is 0 Å². The first kappa shape index (κ1) is 45.4. The summed E-state index contributed by atoms with van der Waals surface area (Å²) in [5.74, 6) is 0. The minimum Gasteiger partial charge on any atom is -0.311 e. The van der Waals surface area contributed by atoms with E-state index in [1.54, 1.807) is 0 Å². The van der Waals surface area contributed by atoms with Crippen LogP contribution < -0.4 is 9.80 Å². The lowest BCUT2D eigenvalue weighted by atomic mass is 9.94. The highest BCUT2D eigenvalue weighted by Crippen LogP contribution is 2.42. The Balaban J connectivity index is 0.874. The van der Waals surface area contributed by atoms with Gasteiger partial charge in [0.15, 0.2) is 0 Å². The van der Waals surface area contributed by atoms with Crippen molar-refractivity contribution in [3.63, 3.8) is 0 Å². The summed E-state index contributed by atoms with van der Waals surface area (Å²) >= 11 is 0. The first-order chi connectivity index (χ1) is 36.7. The number of anilines is 6. The third-order valence-electron chi connectivity index (χ3n) is 13.9. The second-order valence-electron chi connectivity index (χ2n) is 18.5. The van der Waals surface area contributed by atoms with E-state index in [-0.39, 0.29) is 0 Å². The number of rotatable bonds is 13. The van der Waals surface area contributed by atoms with Crippen LogP contribution in [0, 0.1) is 0 Å². The van der Waals surface area contributed by atoms with Gasteiger partial charge in [-0.1, -0.05) is 243 Å². The average Bonchev–Trinajstić information content (AvgIpc) is 3.49. The smallest absolute Gasteiger partial charge is 0.0462 e. The van der Waals surface area contributed by atoms with Gasteiger partial charge in [-0.15, -0.1) is 0 Å². The molecule has 0 fully saturated rings. The molecule has 2 nitrogen and oxygen atoms in total. The highest BCUT2D eigenvalue weighted by Gasteiger charge is 2.18. The fourth-order valence-electron chi connectivity index (χ4n) is 10.2. The van der Waals surface area contributed by atoms with E-state index in [9.17, 15) is 0 Å². The van der Waals surface area contributed by atoms with Gasteiger partial charge in [0.05, 0.1) is 0 Å². The van der Waals surface area contributed by atoms with Gasteiger partial charge in [0.1, 0.15) is 0 Å². The van der Waals surface area contributed by atoms with Crippen molar-refractivity contribution in [3.05, 3.63) is 315 Å². The SMILES string of the molecule is c1ccc(-c2ccc(N(c3ccc(-c4ccccc4)cc3)c3ccc(-c4ccc(N(c5ccc(-c6ccccc6-c6ccccc6)cc5)c5ccc(-c6ccccc6-c6ccccc6)cc5)cc4)cc3)cc2)cc1. The summed E-state index contributed by atoms with van der Waals surface area (Å²) in [5.41, 5.74) is 23.2. The van der Waals surface area contributed by atoms with Crippen molar-refractivity contribution >= 4 is 34.1 Å². The van der Waals surface area contributed by atoms with Gasteiger partial charge in [-0.25, -0.2) is 0 Å². The highest BCUT2D eigenvalue weighted by atomic mass is 15.1. The molecule has 0 unspecified atom stereocenters. The van der Waals surface area contributed by atoms with E-state index in [1.165, 1.54) is 66.8 Å². The highest BCUT2D eigenvalue weighted by molar-refractivity contribution is 5.88. The molecule has 0 N–H and O–H groups in total. The fourth-order valence-corrected chi connectivity index (χ4v) is 10.2. The van der Waals surface area contributed by atoms with Crippen molar-refractivity contribution in [1.29, 1.82) is 0 Å². The molecule has 0 radical (unpaired) electrons. The minimum atomic E-state index is 1.07. The number of nitrogens with zero attached hydrogens (tertiary/aromatic N) is 2. The molecule has 0 saturated carbocycles. The molecule has 0 bridgehead atoms. The summed E-state index contributed by atoms with van der Waals surface area (Å²) in [7, 11) is 0. The van der Waals surface area contributed by atoms with Gasteiger partial charge in [0.25, 0.3) is 0 Å². The zero-order chi connectivity index (χ0) is 49.5. The van der Waals surface area contributed by atoms with Gasteiger partial charge in [0, 0.05) is 34.1 Å². The second-order valence-corrected chi connectivity index (χ2v) is 18.5. The maximum Gasteiger partial charge on any atom is 0.0462 e. The zero-order valence-corrected chi connectivity index (χ0v) is 40.9. The number of hydrogen-bond acceptors (Lipinski definition) is 2. The maximum absolute atomic E-state index is 2.36. The molecule has 0 saturated heterocycles. The van der Waals surface area contributed by atoms with Crippen LogP contribution in [0.4, 0.5) is 34.1 Å². The first-order valence-corrected chi connectivity index (χ1v) is 25.3. The standard InChI is InChI=1S/C72H52N2/c1-5-17-53(18-6-1)55-29-41-63(42-30-55)73(64-43-31-56(32-44-64)54-19-7-2-8-20-54)65-45-33-57(34-46-65)58-35-47-66(48-36-58)74(67-49-37-61(38-50-67)71-27-15-13-25-69(71)59-21-9-3-10-22-59)68-51-39-62(40-52-68)72-28-16-14-26-70(72)60-23-11-4-12-24-60/h1-52H. The quantitative estimate of drug-likeness (QED) is 0.114. The molecule has 0 heterocycles. The Morgan fingerprint density at radius 1 is 0.122 bits per heavy atom. The Morgan fingerprint density at radius 2 is 0.270 bits per heavy atom. The Morgan fingerprint density at radius 3 is 0.486 bits per heavy atom. The van der Waals surface area contributed by atoms with Gasteiger partial charge in [-0.3, -0.25) is 0 Å². The second kappa shape index (κ2) is 20.9. The molecular weight excluding hydrogens is 893 g/mol. The van der Waals surface area contributed by atoms with Gasteiger partial charge < -0.3 is 9.80 Å². The van der Waals surface area contributed by atoms with Crippen molar-refractivity contribution in [2.24, 2.45) is 0 Å². The van der Waals surface area contributed by atoms with Crippen molar-refractivity contribution in [2.75, 3.05) is 9.80 Å². The number of hydrogen-bond donors (Lipinski definition) is 0. The molecule has 74 heavy (non-hydrogen) atoms.